The minimum absolute atomic E-state index is 0.236. The monoisotopic (exact) mass is 205 g/mol. The summed E-state index contributed by atoms with van der Waals surface area (Å²) in [6.07, 6.45) is -0.722. The summed E-state index contributed by atoms with van der Waals surface area (Å²) in [6.45, 7) is 7.10. The van der Waals surface area contributed by atoms with Gasteiger partial charge < -0.3 is 19.5 Å². The maximum Gasteiger partial charge on any atom is 0.107 e. The highest BCUT2D eigenvalue weighted by Crippen LogP contribution is 2.02. The van der Waals surface area contributed by atoms with Crippen molar-refractivity contribution >= 4 is 0 Å². The van der Waals surface area contributed by atoms with Gasteiger partial charge in [-0.25, -0.2) is 0 Å². The topological polar surface area (TPSA) is 41.9 Å². The zero-order valence-electron chi connectivity index (χ0n) is 9.69. The van der Waals surface area contributed by atoms with Crippen LogP contribution in [0.5, 0.6) is 0 Å². The molecule has 0 aliphatic heterocycles. The van der Waals surface area contributed by atoms with Crippen molar-refractivity contribution in [2.45, 2.75) is 26.1 Å². The van der Waals surface area contributed by atoms with Gasteiger partial charge >= 0.3 is 0 Å². The van der Waals surface area contributed by atoms with Crippen LogP contribution in [0.2, 0.25) is 0 Å². The molecule has 0 rings (SSSR count). The van der Waals surface area contributed by atoms with E-state index in [4.69, 9.17) is 9.47 Å². The summed E-state index contributed by atoms with van der Waals surface area (Å²) in [5.74, 6) is 0. The molecule has 0 fully saturated rings. The van der Waals surface area contributed by atoms with Crippen molar-refractivity contribution in [2.75, 3.05) is 40.5 Å². The van der Waals surface area contributed by atoms with E-state index in [1.807, 2.05) is 0 Å². The molecule has 0 aliphatic rings. The van der Waals surface area contributed by atoms with Crippen molar-refractivity contribution in [2.24, 2.45) is 0 Å². The predicted molar refractivity (Wildman–Crippen MR) is 56.5 cm³/mol. The lowest BCUT2D eigenvalue weighted by Crippen LogP contribution is -2.42. The van der Waals surface area contributed by atoms with Crippen LogP contribution in [0.1, 0.15) is 13.8 Å². The second kappa shape index (κ2) is 8.17. The Morgan fingerprint density at radius 2 is 1.79 bits per heavy atom. The molecular formula is C10H23NO3. The average molecular weight is 205 g/mol. The maximum atomic E-state index is 9.83. The molecule has 0 aromatic carbocycles. The van der Waals surface area contributed by atoms with Crippen LogP contribution in [-0.2, 0) is 9.47 Å². The maximum absolute atomic E-state index is 9.83. The molecule has 0 radical (unpaired) electrons. The number of methoxy groups -OCH3 is 2. The Kier molecular flexibility index (Phi) is 8.08. The predicted octanol–water partition coefficient (Wildman–Crippen LogP) is 0.350. The van der Waals surface area contributed by atoms with Crippen molar-refractivity contribution in [3.05, 3.63) is 0 Å². The molecule has 86 valence electrons. The second-order valence-electron chi connectivity index (χ2n) is 3.28. The molecule has 2 atom stereocenters. The molecule has 14 heavy (non-hydrogen) atoms. The van der Waals surface area contributed by atoms with Gasteiger partial charge in [0.05, 0.1) is 12.7 Å². The Morgan fingerprint density at radius 3 is 2.14 bits per heavy atom. The van der Waals surface area contributed by atoms with Crippen LogP contribution in [0.3, 0.4) is 0 Å². The van der Waals surface area contributed by atoms with E-state index in [-0.39, 0.29) is 6.10 Å². The van der Waals surface area contributed by atoms with E-state index < -0.39 is 6.10 Å². The Bertz CT molecular complexity index is 129. The number of hydrogen-bond acceptors (Lipinski definition) is 4. The molecule has 0 bridgehead atoms. The van der Waals surface area contributed by atoms with Crippen LogP contribution >= 0.6 is 0 Å². The highest BCUT2D eigenvalue weighted by atomic mass is 16.5. The van der Waals surface area contributed by atoms with Gasteiger partial charge in [-0.15, -0.1) is 0 Å². The number of aliphatic hydroxyl groups excluding tert-OH is 1. The van der Waals surface area contributed by atoms with Crippen molar-refractivity contribution < 1.29 is 14.6 Å². The van der Waals surface area contributed by atoms with Gasteiger partial charge in [-0.3, -0.25) is 0 Å². The quantitative estimate of drug-likeness (QED) is 0.621. The molecule has 0 unspecified atom stereocenters. The minimum atomic E-state index is -0.486. The molecule has 0 aromatic rings. The van der Waals surface area contributed by atoms with E-state index in [0.717, 1.165) is 13.1 Å². The zero-order valence-corrected chi connectivity index (χ0v) is 9.69. The molecule has 0 saturated carbocycles. The first kappa shape index (κ1) is 13.8. The van der Waals surface area contributed by atoms with Gasteiger partial charge in [-0.2, -0.15) is 0 Å². The largest absolute Gasteiger partial charge is 0.389 e. The van der Waals surface area contributed by atoms with Crippen molar-refractivity contribution in [1.82, 2.24) is 4.90 Å². The van der Waals surface area contributed by atoms with Crippen LogP contribution in [0.15, 0.2) is 0 Å². The summed E-state index contributed by atoms with van der Waals surface area (Å²) in [5.41, 5.74) is 0. The molecule has 0 aromatic heterocycles. The average Bonchev–Trinajstić information content (AvgIpc) is 2.22. The fraction of sp³-hybridized carbons (Fsp3) is 1.00. The molecule has 1 N–H and O–H groups in total. The van der Waals surface area contributed by atoms with E-state index in [2.05, 4.69) is 18.7 Å². The lowest BCUT2D eigenvalue weighted by atomic mass is 10.2. The molecule has 4 heteroatoms. The van der Waals surface area contributed by atoms with Gasteiger partial charge in [0, 0.05) is 20.8 Å². The number of nitrogens with zero attached hydrogens (tertiary/aromatic N) is 1. The first-order valence-corrected chi connectivity index (χ1v) is 5.11. The summed E-state index contributed by atoms with van der Waals surface area (Å²) in [6, 6.07) is 0. The highest BCUT2D eigenvalue weighted by molar-refractivity contribution is 4.72. The molecule has 0 saturated heterocycles. The lowest BCUT2D eigenvalue weighted by Gasteiger charge is -2.26. The van der Waals surface area contributed by atoms with E-state index in [1.165, 1.54) is 0 Å². The SMILES string of the molecule is CCN(CC)C[C@H](O)[C@@H](COC)OC. The zero-order chi connectivity index (χ0) is 11.0. The molecule has 4 nitrogen and oxygen atoms in total. The van der Waals surface area contributed by atoms with E-state index in [9.17, 15) is 5.11 Å². The van der Waals surface area contributed by atoms with Crippen molar-refractivity contribution in [1.29, 1.82) is 0 Å². The third-order valence-corrected chi connectivity index (χ3v) is 2.40. The fourth-order valence-electron chi connectivity index (χ4n) is 1.36. The van der Waals surface area contributed by atoms with Gasteiger partial charge in [0.2, 0.25) is 0 Å². The number of hydrogen-bond donors (Lipinski definition) is 1. The van der Waals surface area contributed by atoms with Crippen LogP contribution in [-0.4, -0.2) is 62.7 Å². The highest BCUT2D eigenvalue weighted by Gasteiger charge is 2.20. The van der Waals surface area contributed by atoms with Gasteiger partial charge in [0.25, 0.3) is 0 Å². The number of rotatable bonds is 8. The summed E-state index contributed by atoms with van der Waals surface area (Å²) in [7, 11) is 3.20. The van der Waals surface area contributed by atoms with Gasteiger partial charge in [0.15, 0.2) is 0 Å². The summed E-state index contributed by atoms with van der Waals surface area (Å²) < 4.78 is 10.1. The van der Waals surface area contributed by atoms with Crippen LogP contribution < -0.4 is 0 Å². The van der Waals surface area contributed by atoms with Gasteiger partial charge in [0.1, 0.15) is 6.10 Å². The van der Waals surface area contributed by atoms with E-state index >= 15 is 0 Å². The summed E-state index contributed by atoms with van der Waals surface area (Å²) in [4.78, 5) is 2.16. The number of likely N-dealkylation sites (N-methyl/N-ethyl adjacent to an activating group) is 1. The number of aliphatic hydroxyl groups is 1. The summed E-state index contributed by atoms with van der Waals surface area (Å²) >= 11 is 0. The molecule has 0 aliphatic carbocycles. The van der Waals surface area contributed by atoms with Gasteiger partial charge in [-0.05, 0) is 13.1 Å². The normalized spacial score (nSPS) is 15.9. The minimum Gasteiger partial charge on any atom is -0.389 e. The Balaban J connectivity index is 3.94. The molecule has 0 spiro atoms. The van der Waals surface area contributed by atoms with Gasteiger partial charge in [-0.1, -0.05) is 13.8 Å². The van der Waals surface area contributed by atoms with Crippen LogP contribution in [0.25, 0.3) is 0 Å². The Hall–Kier alpha value is -0.160. The first-order chi connectivity index (χ1) is 6.69. The smallest absolute Gasteiger partial charge is 0.107 e. The third-order valence-electron chi connectivity index (χ3n) is 2.40. The van der Waals surface area contributed by atoms with Crippen LogP contribution in [0.4, 0.5) is 0 Å². The van der Waals surface area contributed by atoms with Crippen molar-refractivity contribution in [3.8, 4) is 0 Å². The first-order valence-electron chi connectivity index (χ1n) is 5.11. The number of ether oxygens (including phenoxy) is 2. The van der Waals surface area contributed by atoms with E-state index in [1.54, 1.807) is 14.2 Å². The second-order valence-corrected chi connectivity index (χ2v) is 3.28. The molecule has 0 heterocycles. The Morgan fingerprint density at radius 1 is 1.21 bits per heavy atom. The lowest BCUT2D eigenvalue weighted by molar-refractivity contribution is -0.0605. The standard InChI is InChI=1S/C10H23NO3/c1-5-11(6-2)7-9(12)10(14-4)8-13-3/h9-10,12H,5-8H2,1-4H3/t9-,10+/m0/s1. The van der Waals surface area contributed by atoms with E-state index in [0.29, 0.717) is 13.2 Å². The third kappa shape index (κ3) is 4.91. The molecular weight excluding hydrogens is 182 g/mol. The van der Waals surface area contributed by atoms with Crippen molar-refractivity contribution in [3.63, 3.8) is 0 Å². The Labute approximate surface area is 86.8 Å². The molecule has 0 amide bonds. The fourth-order valence-corrected chi connectivity index (χ4v) is 1.36. The summed E-state index contributed by atoms with van der Waals surface area (Å²) in [5, 5.41) is 9.83. The van der Waals surface area contributed by atoms with Crippen LogP contribution in [0, 0.1) is 0 Å².